The number of aliphatic hydroxyl groups excluding tert-OH is 1. The van der Waals surface area contributed by atoms with Gasteiger partial charge in [-0.3, -0.25) is 28.8 Å². The number of carbonyl (C=O) groups excluding carboxylic acids is 6. The molecule has 0 bridgehead atoms. The highest BCUT2D eigenvalue weighted by Crippen LogP contribution is 2.20. The lowest BCUT2D eigenvalue weighted by Crippen LogP contribution is -2.60. The number of rotatable bonds is 7. The molecule has 6 atom stereocenters. The smallest absolute Gasteiger partial charge is 0.252 e. The summed E-state index contributed by atoms with van der Waals surface area (Å²) in [6.45, 7) is 8.39. The van der Waals surface area contributed by atoms with Gasteiger partial charge in [0.05, 0.1) is 6.10 Å². The van der Waals surface area contributed by atoms with Gasteiger partial charge in [0.25, 0.3) is 5.91 Å². The summed E-state index contributed by atoms with van der Waals surface area (Å²) in [4.78, 5) is 82.0. The first-order valence-electron chi connectivity index (χ1n) is 16.2. The van der Waals surface area contributed by atoms with Gasteiger partial charge in [0.1, 0.15) is 35.8 Å². The summed E-state index contributed by atoms with van der Waals surface area (Å²) in [7, 11) is 1.37. The lowest BCUT2D eigenvalue weighted by atomic mass is 10.00. The molecule has 14 heteroatoms. The molecule has 0 aliphatic carbocycles. The first-order chi connectivity index (χ1) is 22.1. The number of hydrogen-bond donors (Lipinski definition) is 6. The van der Waals surface area contributed by atoms with Crippen LogP contribution in [0, 0.1) is 5.92 Å². The highest BCUT2D eigenvalue weighted by molar-refractivity contribution is 5.97. The van der Waals surface area contributed by atoms with Crippen LogP contribution >= 0.6 is 0 Å². The quantitative estimate of drug-likeness (QED) is 0.226. The van der Waals surface area contributed by atoms with Gasteiger partial charge in [-0.05, 0) is 51.5 Å². The van der Waals surface area contributed by atoms with E-state index in [1.807, 2.05) is 32.0 Å². The van der Waals surface area contributed by atoms with Gasteiger partial charge < -0.3 is 41.3 Å². The summed E-state index contributed by atoms with van der Waals surface area (Å²) in [5.74, 6) is -3.43. The summed E-state index contributed by atoms with van der Waals surface area (Å²) < 4.78 is 5.29. The van der Waals surface area contributed by atoms with Crippen molar-refractivity contribution in [3.8, 4) is 0 Å². The van der Waals surface area contributed by atoms with Crippen LogP contribution in [0.5, 0.6) is 0 Å². The fourth-order valence-corrected chi connectivity index (χ4v) is 5.57. The molecule has 14 nitrogen and oxygen atoms in total. The Bertz CT molecular complexity index is 1290. The van der Waals surface area contributed by atoms with Crippen molar-refractivity contribution in [3.05, 3.63) is 35.9 Å². The van der Waals surface area contributed by atoms with Crippen molar-refractivity contribution < 1.29 is 38.6 Å². The average molecular weight is 659 g/mol. The van der Waals surface area contributed by atoms with E-state index in [0.717, 1.165) is 5.56 Å². The van der Waals surface area contributed by atoms with Gasteiger partial charge in [-0.25, -0.2) is 0 Å². The largest absolute Gasteiger partial charge is 0.391 e. The fraction of sp³-hybridized carbons (Fsp3) is 0.636. The molecule has 6 N–H and O–H groups in total. The number of fused-ring (bicyclic) bond motifs is 1. The second-order valence-corrected chi connectivity index (χ2v) is 13.2. The van der Waals surface area contributed by atoms with E-state index in [2.05, 4.69) is 26.6 Å². The molecule has 1 aromatic carbocycles. The van der Waals surface area contributed by atoms with Crippen molar-refractivity contribution >= 4 is 35.4 Å². The van der Waals surface area contributed by atoms with Crippen molar-refractivity contribution in [2.24, 2.45) is 5.92 Å². The van der Waals surface area contributed by atoms with Crippen molar-refractivity contribution in [3.63, 3.8) is 0 Å². The molecular formula is C33H50N6O8. The number of nitrogens with one attached hydrogen (secondary N) is 5. The molecular weight excluding hydrogens is 608 g/mol. The molecule has 3 rings (SSSR count). The Morgan fingerprint density at radius 1 is 1.00 bits per heavy atom. The zero-order valence-electron chi connectivity index (χ0n) is 28.1. The van der Waals surface area contributed by atoms with E-state index < -0.39 is 77.4 Å². The maximum absolute atomic E-state index is 13.8. The SMILES string of the molecule is COC(C)(C)C(=O)N[C@H]1CCCNC(=O)[C@@H]2C[C@@H](O)CN2C(=O)[C@H](C)NC(=O)[C@H](CC(C)C)NC(=O)[C@@H](Cc2ccccc2)NC1=O. The van der Waals surface area contributed by atoms with Crippen molar-refractivity contribution in [2.75, 3.05) is 20.2 Å². The van der Waals surface area contributed by atoms with Crippen molar-refractivity contribution in [1.29, 1.82) is 0 Å². The number of nitrogens with zero attached hydrogens (tertiary/aromatic N) is 1. The number of ether oxygens (including phenoxy) is 1. The topological polar surface area (TPSA) is 195 Å². The Labute approximate surface area is 276 Å². The number of methoxy groups -OCH3 is 1. The lowest BCUT2D eigenvalue weighted by molar-refractivity contribution is -0.143. The van der Waals surface area contributed by atoms with Crippen LogP contribution in [0.2, 0.25) is 0 Å². The van der Waals surface area contributed by atoms with Gasteiger partial charge in [0.2, 0.25) is 29.5 Å². The normalized spacial score (nSPS) is 27.1. The predicted molar refractivity (Wildman–Crippen MR) is 172 cm³/mol. The van der Waals surface area contributed by atoms with Crippen LogP contribution in [0.15, 0.2) is 30.3 Å². The van der Waals surface area contributed by atoms with E-state index in [1.165, 1.54) is 18.9 Å². The summed E-state index contributed by atoms with van der Waals surface area (Å²) in [5, 5.41) is 24.0. The second-order valence-electron chi connectivity index (χ2n) is 13.2. The van der Waals surface area contributed by atoms with Crippen LogP contribution in [-0.2, 0) is 39.9 Å². The molecule has 0 unspecified atom stereocenters. The first-order valence-corrected chi connectivity index (χ1v) is 16.2. The van der Waals surface area contributed by atoms with Gasteiger partial charge in [0, 0.05) is 33.0 Å². The van der Waals surface area contributed by atoms with Gasteiger partial charge >= 0.3 is 0 Å². The zero-order chi connectivity index (χ0) is 34.9. The van der Waals surface area contributed by atoms with E-state index in [4.69, 9.17) is 4.74 Å². The predicted octanol–water partition coefficient (Wildman–Crippen LogP) is -0.469. The third kappa shape index (κ3) is 10.5. The summed E-state index contributed by atoms with van der Waals surface area (Å²) in [6, 6.07) is 3.78. The fourth-order valence-electron chi connectivity index (χ4n) is 5.57. The van der Waals surface area contributed by atoms with E-state index in [0.29, 0.717) is 0 Å². The van der Waals surface area contributed by atoms with Gasteiger partial charge in [-0.15, -0.1) is 0 Å². The second kappa shape index (κ2) is 16.7. The molecule has 1 aromatic rings. The molecule has 0 radical (unpaired) electrons. The summed E-state index contributed by atoms with van der Waals surface area (Å²) in [5.41, 5.74) is -0.500. The van der Waals surface area contributed by atoms with Crippen LogP contribution in [0.1, 0.15) is 65.9 Å². The molecule has 0 saturated carbocycles. The Kier molecular flexibility index (Phi) is 13.3. The van der Waals surface area contributed by atoms with Crippen molar-refractivity contribution in [2.45, 2.75) is 109 Å². The van der Waals surface area contributed by atoms with E-state index in [1.54, 1.807) is 26.0 Å². The number of aliphatic hydroxyl groups is 1. The molecule has 2 aliphatic rings. The summed E-state index contributed by atoms with van der Waals surface area (Å²) in [6.07, 6.45) is -0.193. The molecule has 260 valence electrons. The van der Waals surface area contributed by atoms with Gasteiger partial charge in [0.15, 0.2) is 0 Å². The van der Waals surface area contributed by atoms with Gasteiger partial charge in [-0.1, -0.05) is 44.2 Å². The highest BCUT2D eigenvalue weighted by Gasteiger charge is 2.41. The molecule has 2 heterocycles. The number of benzene rings is 1. The monoisotopic (exact) mass is 658 g/mol. The van der Waals surface area contributed by atoms with E-state index in [9.17, 15) is 33.9 Å². The Morgan fingerprint density at radius 3 is 2.28 bits per heavy atom. The molecule has 47 heavy (non-hydrogen) atoms. The van der Waals surface area contributed by atoms with Crippen LogP contribution in [0.4, 0.5) is 0 Å². The Morgan fingerprint density at radius 2 is 1.64 bits per heavy atom. The van der Waals surface area contributed by atoms with Crippen LogP contribution in [0.3, 0.4) is 0 Å². The minimum absolute atomic E-state index is 0.0254. The number of carbonyl (C=O) groups is 6. The molecule has 0 spiro atoms. The molecule has 6 amide bonds. The van der Waals surface area contributed by atoms with Gasteiger partial charge in [-0.2, -0.15) is 0 Å². The number of hydrogen-bond acceptors (Lipinski definition) is 8. The standard InChI is InChI=1S/C33H50N6O8/c1-19(2)15-24-28(42)35-20(3)31(45)39-18-22(40)17-26(39)30(44)34-14-10-13-23(38-32(46)33(4,5)47-6)27(41)37-25(29(43)36-24)16-21-11-8-7-9-12-21/h7-9,11-12,19-20,22-26,40H,10,13-18H2,1-6H3,(H,34,44)(H,35,42)(H,36,43)(H,37,41)(H,38,46)/t20-,22+,23-,24-,25+,26-/m0/s1. The minimum atomic E-state index is -1.25. The Balaban J connectivity index is 1.98. The molecule has 2 fully saturated rings. The zero-order valence-corrected chi connectivity index (χ0v) is 28.1. The maximum Gasteiger partial charge on any atom is 0.252 e. The third-order valence-electron chi connectivity index (χ3n) is 8.50. The molecule has 0 aromatic heterocycles. The minimum Gasteiger partial charge on any atom is -0.391 e. The van der Waals surface area contributed by atoms with E-state index >= 15 is 0 Å². The molecule has 2 saturated heterocycles. The lowest BCUT2D eigenvalue weighted by Gasteiger charge is -2.30. The molecule has 2 aliphatic heterocycles. The average Bonchev–Trinajstić information content (AvgIpc) is 3.42. The van der Waals surface area contributed by atoms with E-state index in [-0.39, 0.29) is 51.1 Å². The third-order valence-corrected chi connectivity index (χ3v) is 8.50. The number of amides is 6. The highest BCUT2D eigenvalue weighted by atomic mass is 16.5. The first kappa shape index (κ1) is 37.4. The van der Waals surface area contributed by atoms with Crippen LogP contribution in [0.25, 0.3) is 0 Å². The van der Waals surface area contributed by atoms with Crippen LogP contribution < -0.4 is 26.6 Å². The van der Waals surface area contributed by atoms with Crippen LogP contribution in [-0.4, -0.2) is 108 Å². The summed E-state index contributed by atoms with van der Waals surface area (Å²) >= 11 is 0. The maximum atomic E-state index is 13.8. The Hall–Kier alpha value is -4.04. The van der Waals surface area contributed by atoms with Crippen molar-refractivity contribution in [1.82, 2.24) is 31.5 Å².